The van der Waals surface area contributed by atoms with E-state index in [-0.39, 0.29) is 0 Å². The van der Waals surface area contributed by atoms with E-state index < -0.39 is 0 Å². The van der Waals surface area contributed by atoms with Gasteiger partial charge in [-0.1, -0.05) is 75.4 Å². The van der Waals surface area contributed by atoms with E-state index in [4.69, 9.17) is 4.98 Å². The van der Waals surface area contributed by atoms with Crippen molar-refractivity contribution in [1.82, 2.24) is 19.9 Å². The Bertz CT molecular complexity index is 1620. The van der Waals surface area contributed by atoms with E-state index in [0.717, 1.165) is 40.4 Å². The second kappa shape index (κ2) is 7.59. The van der Waals surface area contributed by atoms with Gasteiger partial charge in [0, 0.05) is 17.7 Å². The molecule has 0 atom stereocenters. The standard InChI is InChI=1S/C29H26N4/c1-4-27-31-25-14-13-23-22-11-9-20(15-21(22)10-12-24(23)28(25)33-27)18-5-7-19(8-6-18)26-16-30-29(32-26)17(2)3/h5-17H,4H2,1-3H3,(H,30,32)(H,31,33). The lowest BCUT2D eigenvalue weighted by Crippen LogP contribution is -1.89. The van der Waals surface area contributed by atoms with Gasteiger partial charge in [0.05, 0.1) is 22.9 Å². The summed E-state index contributed by atoms with van der Waals surface area (Å²) in [7, 11) is 0. The predicted octanol–water partition coefficient (Wildman–Crippen LogP) is 7.61. The van der Waals surface area contributed by atoms with Gasteiger partial charge in [0.25, 0.3) is 0 Å². The number of aromatic nitrogens is 4. The number of rotatable bonds is 4. The molecule has 0 aliphatic rings. The summed E-state index contributed by atoms with van der Waals surface area (Å²) < 4.78 is 0. The van der Waals surface area contributed by atoms with Crippen LogP contribution in [0.3, 0.4) is 0 Å². The molecule has 4 aromatic carbocycles. The first-order valence-electron chi connectivity index (χ1n) is 11.6. The van der Waals surface area contributed by atoms with Gasteiger partial charge in [0.15, 0.2) is 0 Å². The van der Waals surface area contributed by atoms with Crippen molar-refractivity contribution in [3.8, 4) is 22.4 Å². The third-order valence-electron chi connectivity index (χ3n) is 6.52. The minimum absolute atomic E-state index is 0.393. The van der Waals surface area contributed by atoms with Crippen LogP contribution in [-0.4, -0.2) is 19.9 Å². The number of hydrogen-bond acceptors (Lipinski definition) is 2. The number of aryl methyl sites for hydroxylation is 1. The van der Waals surface area contributed by atoms with Crippen molar-refractivity contribution < 1.29 is 0 Å². The average molecular weight is 431 g/mol. The lowest BCUT2D eigenvalue weighted by atomic mass is 9.96. The van der Waals surface area contributed by atoms with E-state index in [1.54, 1.807) is 0 Å². The normalized spacial score (nSPS) is 11.9. The smallest absolute Gasteiger partial charge is 0.109 e. The van der Waals surface area contributed by atoms with Crippen LogP contribution in [0.15, 0.2) is 72.9 Å². The molecular weight excluding hydrogens is 404 g/mol. The van der Waals surface area contributed by atoms with Gasteiger partial charge >= 0.3 is 0 Å². The van der Waals surface area contributed by atoms with E-state index in [1.807, 2.05) is 6.20 Å². The van der Waals surface area contributed by atoms with Gasteiger partial charge in [-0.25, -0.2) is 9.97 Å². The maximum absolute atomic E-state index is 4.81. The Hall–Kier alpha value is -3.92. The third kappa shape index (κ3) is 3.30. The molecule has 162 valence electrons. The maximum Gasteiger partial charge on any atom is 0.109 e. The number of H-pyrrole nitrogens is 2. The minimum atomic E-state index is 0.393. The fourth-order valence-corrected chi connectivity index (χ4v) is 4.64. The van der Waals surface area contributed by atoms with Crippen molar-refractivity contribution >= 4 is 32.6 Å². The van der Waals surface area contributed by atoms with Crippen LogP contribution < -0.4 is 0 Å². The highest BCUT2D eigenvalue weighted by molar-refractivity contribution is 6.16. The Morgan fingerprint density at radius 2 is 1.48 bits per heavy atom. The van der Waals surface area contributed by atoms with Crippen molar-refractivity contribution in [2.24, 2.45) is 0 Å². The topological polar surface area (TPSA) is 57.4 Å². The Balaban J connectivity index is 1.39. The zero-order valence-corrected chi connectivity index (χ0v) is 19.1. The summed E-state index contributed by atoms with van der Waals surface area (Å²) in [6, 6.07) is 24.2. The molecule has 4 heteroatoms. The van der Waals surface area contributed by atoms with Crippen LogP contribution in [0.25, 0.3) is 55.0 Å². The molecule has 33 heavy (non-hydrogen) atoms. The molecule has 4 nitrogen and oxygen atoms in total. The molecule has 0 radical (unpaired) electrons. The number of fused-ring (bicyclic) bond motifs is 5. The summed E-state index contributed by atoms with van der Waals surface area (Å²) in [6.07, 6.45) is 2.83. The quantitative estimate of drug-likeness (QED) is 0.283. The van der Waals surface area contributed by atoms with Gasteiger partial charge in [-0.15, -0.1) is 0 Å². The van der Waals surface area contributed by atoms with Crippen LogP contribution in [0.5, 0.6) is 0 Å². The zero-order chi connectivity index (χ0) is 22.5. The molecule has 0 saturated carbocycles. The van der Waals surface area contributed by atoms with E-state index >= 15 is 0 Å². The van der Waals surface area contributed by atoms with Gasteiger partial charge in [0.1, 0.15) is 11.6 Å². The largest absolute Gasteiger partial charge is 0.342 e. The first kappa shape index (κ1) is 19.7. The fraction of sp³-hybridized carbons (Fsp3) is 0.172. The molecule has 0 unspecified atom stereocenters. The van der Waals surface area contributed by atoms with Crippen molar-refractivity contribution in [3.05, 3.63) is 84.6 Å². The van der Waals surface area contributed by atoms with Crippen molar-refractivity contribution in [2.75, 3.05) is 0 Å². The molecule has 0 aliphatic carbocycles. The Morgan fingerprint density at radius 3 is 2.24 bits per heavy atom. The molecule has 0 saturated heterocycles. The average Bonchev–Trinajstić information content (AvgIpc) is 3.51. The summed E-state index contributed by atoms with van der Waals surface area (Å²) >= 11 is 0. The zero-order valence-electron chi connectivity index (χ0n) is 19.1. The van der Waals surface area contributed by atoms with Crippen molar-refractivity contribution in [3.63, 3.8) is 0 Å². The van der Waals surface area contributed by atoms with Crippen LogP contribution in [-0.2, 0) is 6.42 Å². The third-order valence-corrected chi connectivity index (χ3v) is 6.52. The minimum Gasteiger partial charge on any atom is -0.342 e. The molecule has 0 bridgehead atoms. The number of imidazole rings is 2. The summed E-state index contributed by atoms with van der Waals surface area (Å²) in [5.74, 6) is 2.45. The lowest BCUT2D eigenvalue weighted by Gasteiger charge is -2.08. The number of nitrogens with one attached hydrogen (secondary N) is 2. The lowest BCUT2D eigenvalue weighted by molar-refractivity contribution is 0.795. The Kier molecular flexibility index (Phi) is 4.54. The number of hydrogen-bond donors (Lipinski definition) is 2. The fourth-order valence-electron chi connectivity index (χ4n) is 4.64. The Labute approximate surface area is 192 Å². The van der Waals surface area contributed by atoms with E-state index in [0.29, 0.717) is 5.92 Å². The predicted molar refractivity (Wildman–Crippen MR) is 138 cm³/mol. The summed E-state index contributed by atoms with van der Waals surface area (Å²) in [6.45, 7) is 6.42. The van der Waals surface area contributed by atoms with E-state index in [9.17, 15) is 0 Å². The second-order valence-corrected chi connectivity index (χ2v) is 9.01. The molecular formula is C29H26N4. The molecule has 0 aliphatic heterocycles. The summed E-state index contributed by atoms with van der Waals surface area (Å²) in [4.78, 5) is 16.2. The van der Waals surface area contributed by atoms with E-state index in [2.05, 4.69) is 102 Å². The number of benzene rings is 4. The molecule has 6 rings (SSSR count). The molecule has 6 aromatic rings. The van der Waals surface area contributed by atoms with Crippen LogP contribution in [0.2, 0.25) is 0 Å². The summed E-state index contributed by atoms with van der Waals surface area (Å²) in [5, 5.41) is 4.95. The van der Waals surface area contributed by atoms with Gasteiger partial charge < -0.3 is 9.97 Å². The molecule has 0 amide bonds. The highest BCUT2D eigenvalue weighted by Gasteiger charge is 2.10. The number of aromatic amines is 2. The van der Waals surface area contributed by atoms with Crippen LogP contribution in [0.1, 0.15) is 38.3 Å². The first-order valence-corrected chi connectivity index (χ1v) is 11.6. The second-order valence-electron chi connectivity index (χ2n) is 9.01. The van der Waals surface area contributed by atoms with Crippen LogP contribution in [0, 0.1) is 0 Å². The first-order chi connectivity index (χ1) is 16.1. The highest BCUT2D eigenvalue weighted by Crippen LogP contribution is 2.33. The molecule has 0 fully saturated rings. The van der Waals surface area contributed by atoms with Gasteiger partial charge in [-0.05, 0) is 45.0 Å². The van der Waals surface area contributed by atoms with Gasteiger partial charge in [-0.3, -0.25) is 0 Å². The van der Waals surface area contributed by atoms with E-state index in [1.165, 1.54) is 32.7 Å². The summed E-state index contributed by atoms with van der Waals surface area (Å²) in [5.41, 5.74) is 6.80. The SMILES string of the molecule is CCc1nc2c(ccc3c4ccc(-c5ccc(-c6cnc(C(C)C)[nH]6)cc5)cc4ccc32)[nH]1. The van der Waals surface area contributed by atoms with Gasteiger partial charge in [0.2, 0.25) is 0 Å². The Morgan fingerprint density at radius 1 is 0.758 bits per heavy atom. The molecule has 2 aromatic heterocycles. The maximum atomic E-state index is 4.81. The van der Waals surface area contributed by atoms with Crippen molar-refractivity contribution in [1.29, 1.82) is 0 Å². The highest BCUT2D eigenvalue weighted by atomic mass is 14.9. The van der Waals surface area contributed by atoms with Crippen LogP contribution >= 0.6 is 0 Å². The van der Waals surface area contributed by atoms with Crippen LogP contribution in [0.4, 0.5) is 0 Å². The molecule has 2 heterocycles. The molecule has 0 spiro atoms. The monoisotopic (exact) mass is 430 g/mol. The number of nitrogens with zero attached hydrogens (tertiary/aromatic N) is 2. The molecule has 2 N–H and O–H groups in total. The van der Waals surface area contributed by atoms with Gasteiger partial charge in [-0.2, -0.15) is 0 Å². The van der Waals surface area contributed by atoms with Crippen molar-refractivity contribution in [2.45, 2.75) is 33.1 Å².